The summed E-state index contributed by atoms with van der Waals surface area (Å²) in [6, 6.07) is 13.4. The van der Waals surface area contributed by atoms with E-state index in [4.69, 9.17) is 9.47 Å². The standard InChI is InChI=1S/C34H43NO5/c1-5-19-35-22-34(40-32(35)38)18-16-30-28-15-9-24(20-26(36)12-8-23(2)7-6-17-33(30,34)3)21-29(28)31(37)25-10-13-27(39-4)14-11-25/h7,9-11,13-15,21,26,30,36H,5-6,8,12,16-20,22H2,1-4H3/t26-,30-,33-,34+/m0/s1. The Kier molecular flexibility index (Phi) is 8.10. The van der Waals surface area contributed by atoms with E-state index < -0.39 is 11.7 Å². The van der Waals surface area contributed by atoms with Crippen LogP contribution in [0.4, 0.5) is 4.79 Å². The number of benzene rings is 2. The molecule has 2 aromatic carbocycles. The number of carbonyl (C=O) groups is 2. The number of nitrogens with zero attached hydrogens (tertiary/aromatic N) is 1. The third-order valence-corrected chi connectivity index (χ3v) is 9.72. The van der Waals surface area contributed by atoms with Crippen LogP contribution in [0.3, 0.4) is 0 Å². The molecule has 0 radical (unpaired) electrons. The van der Waals surface area contributed by atoms with Crippen molar-refractivity contribution in [1.29, 1.82) is 0 Å². The lowest BCUT2D eigenvalue weighted by molar-refractivity contribution is -0.0373. The van der Waals surface area contributed by atoms with Crippen molar-refractivity contribution < 1.29 is 24.2 Å². The highest BCUT2D eigenvalue weighted by Gasteiger charge is 2.63. The van der Waals surface area contributed by atoms with E-state index in [-0.39, 0.29) is 23.2 Å². The van der Waals surface area contributed by atoms with Gasteiger partial charge in [-0.15, -0.1) is 0 Å². The van der Waals surface area contributed by atoms with Gasteiger partial charge in [-0.1, -0.05) is 37.6 Å². The van der Waals surface area contributed by atoms with Crippen LogP contribution in [0.25, 0.3) is 0 Å². The zero-order valence-electron chi connectivity index (χ0n) is 24.4. The molecule has 2 aromatic rings. The summed E-state index contributed by atoms with van der Waals surface area (Å²) in [7, 11) is 1.61. The second kappa shape index (κ2) is 11.4. The van der Waals surface area contributed by atoms with E-state index in [1.807, 2.05) is 35.2 Å². The topological polar surface area (TPSA) is 76.1 Å². The lowest BCUT2D eigenvalue weighted by Crippen LogP contribution is -2.48. The molecule has 6 heteroatoms. The van der Waals surface area contributed by atoms with Crippen molar-refractivity contribution in [2.24, 2.45) is 5.41 Å². The fourth-order valence-electron chi connectivity index (χ4n) is 7.32. The van der Waals surface area contributed by atoms with Gasteiger partial charge in [-0.3, -0.25) is 4.79 Å². The first-order valence-electron chi connectivity index (χ1n) is 14.8. The van der Waals surface area contributed by atoms with Gasteiger partial charge in [-0.2, -0.15) is 0 Å². The van der Waals surface area contributed by atoms with Crippen LogP contribution in [0.1, 0.15) is 98.7 Å². The normalized spacial score (nSPS) is 28.7. The number of ether oxygens (including phenoxy) is 2. The summed E-state index contributed by atoms with van der Waals surface area (Å²) in [5, 5.41) is 10.8. The third-order valence-electron chi connectivity index (χ3n) is 9.72. The van der Waals surface area contributed by atoms with Crippen LogP contribution in [0.2, 0.25) is 0 Å². The van der Waals surface area contributed by atoms with Crippen molar-refractivity contribution in [2.45, 2.75) is 89.8 Å². The van der Waals surface area contributed by atoms with E-state index in [1.165, 1.54) is 5.57 Å². The Labute approximate surface area is 238 Å². The molecule has 1 saturated carbocycles. The Hall–Kier alpha value is -3.12. The molecule has 2 fully saturated rings. The van der Waals surface area contributed by atoms with E-state index in [0.717, 1.165) is 49.7 Å². The fourth-order valence-corrected chi connectivity index (χ4v) is 7.32. The number of aliphatic hydroxyl groups is 1. The number of carbonyl (C=O) groups excluding carboxylic acids is 2. The van der Waals surface area contributed by atoms with Gasteiger partial charge in [0.15, 0.2) is 5.78 Å². The summed E-state index contributed by atoms with van der Waals surface area (Å²) in [5.41, 5.74) is 3.62. The third kappa shape index (κ3) is 5.18. The monoisotopic (exact) mass is 545 g/mol. The van der Waals surface area contributed by atoms with Gasteiger partial charge < -0.3 is 19.5 Å². The highest BCUT2D eigenvalue weighted by molar-refractivity contribution is 6.10. The predicted molar refractivity (Wildman–Crippen MR) is 156 cm³/mol. The lowest BCUT2D eigenvalue weighted by Gasteiger charge is -2.43. The zero-order valence-corrected chi connectivity index (χ0v) is 24.4. The van der Waals surface area contributed by atoms with Crippen LogP contribution in [0.15, 0.2) is 54.1 Å². The average Bonchev–Trinajstić information content (AvgIpc) is 3.41. The minimum absolute atomic E-state index is 0.0313. The Balaban J connectivity index is 1.62. The van der Waals surface area contributed by atoms with Crippen LogP contribution in [0, 0.1) is 5.41 Å². The lowest BCUT2D eigenvalue weighted by atomic mass is 9.64. The van der Waals surface area contributed by atoms with Gasteiger partial charge in [-0.25, -0.2) is 4.79 Å². The van der Waals surface area contributed by atoms with Gasteiger partial charge in [-0.05, 0) is 106 Å². The maximum absolute atomic E-state index is 14.1. The molecule has 3 aliphatic carbocycles. The SMILES string of the molecule is CCCN1C[C@@]2(CC[C@H]3c4ccc(cc4C(=O)c4ccc(OC)cc4)C[C@@H](O)CCC(C)=CCC[C@@]32C)OC1=O. The quantitative estimate of drug-likeness (QED) is 0.329. The van der Waals surface area contributed by atoms with Crippen molar-refractivity contribution >= 4 is 11.9 Å². The van der Waals surface area contributed by atoms with E-state index in [1.54, 1.807) is 7.11 Å². The maximum Gasteiger partial charge on any atom is 0.410 e. The number of hydrogen-bond donors (Lipinski definition) is 1. The Morgan fingerprint density at radius 3 is 2.65 bits per heavy atom. The van der Waals surface area contributed by atoms with Gasteiger partial charge in [0.2, 0.25) is 0 Å². The van der Waals surface area contributed by atoms with Crippen LogP contribution < -0.4 is 4.74 Å². The van der Waals surface area contributed by atoms with Gasteiger partial charge in [0, 0.05) is 23.1 Å². The summed E-state index contributed by atoms with van der Waals surface area (Å²) >= 11 is 0. The van der Waals surface area contributed by atoms with Gasteiger partial charge >= 0.3 is 6.09 Å². The molecule has 214 valence electrons. The summed E-state index contributed by atoms with van der Waals surface area (Å²) in [4.78, 5) is 29.0. The smallest absolute Gasteiger partial charge is 0.410 e. The highest BCUT2D eigenvalue weighted by atomic mass is 16.6. The molecule has 1 aliphatic heterocycles. The molecule has 6 rings (SSSR count). The molecule has 1 amide bonds. The largest absolute Gasteiger partial charge is 0.497 e. The molecule has 2 bridgehead atoms. The number of fused-ring (bicyclic) bond motifs is 8. The van der Waals surface area contributed by atoms with E-state index in [2.05, 4.69) is 39.0 Å². The van der Waals surface area contributed by atoms with Crippen LogP contribution in [-0.2, 0) is 11.2 Å². The number of allylic oxidation sites excluding steroid dienone is 2. The summed E-state index contributed by atoms with van der Waals surface area (Å²) in [6.07, 6.45) is 7.85. The number of hydrogen-bond acceptors (Lipinski definition) is 5. The average molecular weight is 546 g/mol. The second-order valence-corrected chi connectivity index (χ2v) is 12.3. The summed E-state index contributed by atoms with van der Waals surface area (Å²) < 4.78 is 11.7. The molecule has 4 aliphatic rings. The Morgan fingerprint density at radius 2 is 1.93 bits per heavy atom. The Bertz CT molecular complexity index is 1280. The Morgan fingerprint density at radius 1 is 1.15 bits per heavy atom. The molecule has 6 nitrogen and oxygen atoms in total. The number of amides is 1. The van der Waals surface area contributed by atoms with Crippen molar-refractivity contribution in [3.05, 3.63) is 76.4 Å². The molecule has 1 heterocycles. The minimum Gasteiger partial charge on any atom is -0.497 e. The molecule has 1 spiro atoms. The molecule has 0 unspecified atom stereocenters. The van der Waals surface area contributed by atoms with Crippen LogP contribution >= 0.6 is 0 Å². The van der Waals surface area contributed by atoms with Gasteiger partial charge in [0.25, 0.3) is 0 Å². The second-order valence-electron chi connectivity index (χ2n) is 12.3. The van der Waals surface area contributed by atoms with Crippen LogP contribution in [0.5, 0.6) is 5.75 Å². The molecule has 40 heavy (non-hydrogen) atoms. The first-order valence-corrected chi connectivity index (χ1v) is 14.8. The van der Waals surface area contributed by atoms with Gasteiger partial charge in [0.1, 0.15) is 11.4 Å². The van der Waals surface area contributed by atoms with Crippen molar-refractivity contribution in [3.63, 3.8) is 0 Å². The first-order chi connectivity index (χ1) is 19.2. The summed E-state index contributed by atoms with van der Waals surface area (Å²) in [5.74, 6) is 0.724. The first kappa shape index (κ1) is 28.4. The number of methoxy groups -OCH3 is 1. The van der Waals surface area contributed by atoms with Crippen molar-refractivity contribution in [1.82, 2.24) is 4.90 Å². The zero-order chi connectivity index (χ0) is 28.5. The number of ketones is 1. The highest BCUT2D eigenvalue weighted by Crippen LogP contribution is 2.61. The predicted octanol–water partition coefficient (Wildman–Crippen LogP) is 6.83. The van der Waals surface area contributed by atoms with E-state index in [9.17, 15) is 14.7 Å². The van der Waals surface area contributed by atoms with Crippen molar-refractivity contribution in [3.8, 4) is 5.75 Å². The van der Waals surface area contributed by atoms with Gasteiger partial charge in [0.05, 0.1) is 19.8 Å². The maximum atomic E-state index is 14.1. The minimum atomic E-state index is -0.585. The molecule has 1 N–H and O–H groups in total. The molecule has 1 saturated heterocycles. The van der Waals surface area contributed by atoms with Crippen LogP contribution in [-0.4, -0.2) is 53.8 Å². The molecular formula is C34H43NO5. The number of rotatable bonds is 5. The molecular weight excluding hydrogens is 502 g/mol. The number of aliphatic hydroxyl groups excluding tert-OH is 1. The summed E-state index contributed by atoms with van der Waals surface area (Å²) in [6.45, 7) is 7.80. The van der Waals surface area contributed by atoms with E-state index in [0.29, 0.717) is 42.8 Å². The molecule has 0 aromatic heterocycles. The fraction of sp³-hybridized carbons (Fsp3) is 0.529. The molecule has 4 atom stereocenters. The van der Waals surface area contributed by atoms with E-state index >= 15 is 0 Å². The van der Waals surface area contributed by atoms with Crippen molar-refractivity contribution in [2.75, 3.05) is 20.2 Å².